The summed E-state index contributed by atoms with van der Waals surface area (Å²) >= 11 is 0. The zero-order chi connectivity index (χ0) is 18.1. The Hall–Kier alpha value is -3.28. The predicted molar refractivity (Wildman–Crippen MR) is 100 cm³/mol. The summed E-state index contributed by atoms with van der Waals surface area (Å²) in [5.74, 6) is 0.978. The SMILES string of the molecule is CCc1nc([C@H](C)Nc2ccc3oc(=O)[nH]c3c2)oc1-c1ccccc1. The molecule has 0 spiro atoms. The van der Waals surface area contributed by atoms with Gasteiger partial charge in [0.1, 0.15) is 6.04 Å². The number of hydrogen-bond acceptors (Lipinski definition) is 5. The lowest BCUT2D eigenvalue weighted by atomic mass is 10.1. The van der Waals surface area contributed by atoms with Gasteiger partial charge in [0, 0.05) is 11.3 Å². The standard InChI is InChI=1S/C20H19N3O3/c1-3-15-18(13-7-5-4-6-8-13)26-19(22-15)12(2)21-14-9-10-17-16(11-14)23-20(24)25-17/h4-12,21H,3H2,1-2H3,(H,23,24)/t12-/m0/s1. The van der Waals surface area contributed by atoms with Gasteiger partial charge in [0.25, 0.3) is 0 Å². The van der Waals surface area contributed by atoms with Gasteiger partial charge in [-0.2, -0.15) is 0 Å². The molecule has 0 unspecified atom stereocenters. The molecular weight excluding hydrogens is 330 g/mol. The van der Waals surface area contributed by atoms with Crippen LogP contribution in [0.4, 0.5) is 5.69 Å². The van der Waals surface area contributed by atoms with E-state index in [9.17, 15) is 4.79 Å². The minimum Gasteiger partial charge on any atom is -0.438 e. The van der Waals surface area contributed by atoms with E-state index in [1.807, 2.05) is 49.4 Å². The second kappa shape index (κ2) is 6.55. The summed E-state index contributed by atoms with van der Waals surface area (Å²) in [5.41, 5.74) is 3.99. The van der Waals surface area contributed by atoms with E-state index >= 15 is 0 Å². The molecule has 0 aliphatic heterocycles. The lowest BCUT2D eigenvalue weighted by Crippen LogP contribution is -2.07. The van der Waals surface area contributed by atoms with Crippen molar-refractivity contribution in [3.05, 3.63) is 70.7 Å². The Morgan fingerprint density at radius 1 is 1.15 bits per heavy atom. The molecule has 4 aromatic rings. The third-order valence-corrected chi connectivity index (χ3v) is 4.26. The number of hydrogen-bond donors (Lipinski definition) is 2. The lowest BCUT2D eigenvalue weighted by Gasteiger charge is -2.11. The molecule has 0 aliphatic carbocycles. The first-order chi connectivity index (χ1) is 12.6. The number of aryl methyl sites for hydroxylation is 1. The molecule has 2 heterocycles. The van der Waals surface area contributed by atoms with Gasteiger partial charge in [0.05, 0.1) is 11.2 Å². The fraction of sp³-hybridized carbons (Fsp3) is 0.200. The molecule has 6 nitrogen and oxygen atoms in total. The van der Waals surface area contributed by atoms with Crippen molar-refractivity contribution in [1.29, 1.82) is 0 Å². The number of benzene rings is 2. The first kappa shape index (κ1) is 16.2. The van der Waals surface area contributed by atoms with Gasteiger partial charge in [-0.05, 0) is 31.5 Å². The van der Waals surface area contributed by atoms with E-state index in [0.29, 0.717) is 17.0 Å². The smallest absolute Gasteiger partial charge is 0.417 e. The number of oxazole rings is 2. The van der Waals surface area contributed by atoms with Crippen LogP contribution in [0.15, 0.2) is 62.2 Å². The van der Waals surface area contributed by atoms with Crippen LogP contribution in [-0.4, -0.2) is 9.97 Å². The van der Waals surface area contributed by atoms with Crippen LogP contribution in [0.5, 0.6) is 0 Å². The summed E-state index contributed by atoms with van der Waals surface area (Å²) in [6, 6.07) is 15.3. The van der Waals surface area contributed by atoms with Gasteiger partial charge in [-0.15, -0.1) is 0 Å². The normalized spacial score (nSPS) is 12.4. The van der Waals surface area contributed by atoms with Gasteiger partial charge >= 0.3 is 5.76 Å². The second-order valence-corrected chi connectivity index (χ2v) is 6.14. The first-order valence-electron chi connectivity index (χ1n) is 8.58. The Morgan fingerprint density at radius 3 is 2.73 bits per heavy atom. The highest BCUT2D eigenvalue weighted by Crippen LogP contribution is 2.29. The fourth-order valence-electron chi connectivity index (χ4n) is 2.96. The lowest BCUT2D eigenvalue weighted by molar-refractivity contribution is 0.485. The third kappa shape index (κ3) is 3.01. The summed E-state index contributed by atoms with van der Waals surface area (Å²) in [6.07, 6.45) is 0.794. The minimum absolute atomic E-state index is 0.131. The van der Waals surface area contributed by atoms with E-state index in [2.05, 4.69) is 22.2 Å². The highest BCUT2D eigenvalue weighted by Gasteiger charge is 2.18. The molecule has 132 valence electrons. The van der Waals surface area contributed by atoms with Gasteiger partial charge in [0.2, 0.25) is 5.89 Å². The van der Waals surface area contributed by atoms with Crippen molar-refractivity contribution in [3.63, 3.8) is 0 Å². The van der Waals surface area contributed by atoms with Crippen LogP contribution in [0.2, 0.25) is 0 Å². The van der Waals surface area contributed by atoms with Crippen molar-refractivity contribution in [3.8, 4) is 11.3 Å². The quantitative estimate of drug-likeness (QED) is 0.554. The van der Waals surface area contributed by atoms with Crippen LogP contribution in [0, 0.1) is 0 Å². The van der Waals surface area contributed by atoms with Crippen LogP contribution >= 0.6 is 0 Å². The van der Waals surface area contributed by atoms with Crippen LogP contribution in [0.25, 0.3) is 22.4 Å². The van der Waals surface area contributed by atoms with Crippen molar-refractivity contribution >= 4 is 16.8 Å². The van der Waals surface area contributed by atoms with Crippen LogP contribution in [-0.2, 0) is 6.42 Å². The molecular formula is C20H19N3O3. The molecule has 2 aromatic heterocycles. The first-order valence-corrected chi connectivity index (χ1v) is 8.58. The van der Waals surface area contributed by atoms with E-state index in [1.54, 1.807) is 6.07 Å². The van der Waals surface area contributed by atoms with Crippen molar-refractivity contribution in [2.45, 2.75) is 26.3 Å². The number of aromatic nitrogens is 2. The molecule has 0 fully saturated rings. The molecule has 2 N–H and O–H groups in total. The molecule has 0 saturated carbocycles. The maximum atomic E-state index is 11.3. The van der Waals surface area contributed by atoms with Gasteiger partial charge < -0.3 is 14.2 Å². The summed E-state index contributed by atoms with van der Waals surface area (Å²) < 4.78 is 11.1. The number of fused-ring (bicyclic) bond motifs is 1. The van der Waals surface area contributed by atoms with Crippen molar-refractivity contribution in [1.82, 2.24) is 9.97 Å². The molecule has 0 radical (unpaired) electrons. The van der Waals surface area contributed by atoms with Crippen molar-refractivity contribution in [2.24, 2.45) is 0 Å². The highest BCUT2D eigenvalue weighted by atomic mass is 16.4. The van der Waals surface area contributed by atoms with E-state index in [0.717, 1.165) is 29.1 Å². The molecule has 0 amide bonds. The number of anilines is 1. The number of rotatable bonds is 5. The Bertz CT molecular complexity index is 1090. The van der Waals surface area contributed by atoms with E-state index in [4.69, 9.17) is 8.83 Å². The molecule has 1 atom stereocenters. The maximum absolute atomic E-state index is 11.3. The van der Waals surface area contributed by atoms with Gasteiger partial charge in [-0.1, -0.05) is 37.3 Å². The second-order valence-electron chi connectivity index (χ2n) is 6.14. The summed E-state index contributed by atoms with van der Waals surface area (Å²) in [4.78, 5) is 18.6. The zero-order valence-corrected chi connectivity index (χ0v) is 14.6. The average molecular weight is 349 g/mol. The summed E-state index contributed by atoms with van der Waals surface area (Å²) in [5, 5.41) is 3.36. The van der Waals surface area contributed by atoms with Gasteiger partial charge in [0.15, 0.2) is 11.3 Å². The van der Waals surface area contributed by atoms with E-state index < -0.39 is 5.76 Å². The van der Waals surface area contributed by atoms with E-state index in [1.165, 1.54) is 0 Å². The number of nitrogens with one attached hydrogen (secondary N) is 2. The van der Waals surface area contributed by atoms with E-state index in [-0.39, 0.29) is 6.04 Å². The molecule has 0 saturated heterocycles. The van der Waals surface area contributed by atoms with Crippen LogP contribution in [0.1, 0.15) is 31.5 Å². The maximum Gasteiger partial charge on any atom is 0.417 e. The number of aromatic amines is 1. The van der Waals surface area contributed by atoms with Crippen molar-refractivity contribution in [2.75, 3.05) is 5.32 Å². The Kier molecular flexibility index (Phi) is 4.08. The topological polar surface area (TPSA) is 84.1 Å². The number of H-pyrrole nitrogens is 1. The molecule has 2 aromatic carbocycles. The predicted octanol–water partition coefficient (Wildman–Crippen LogP) is 4.51. The molecule has 26 heavy (non-hydrogen) atoms. The van der Waals surface area contributed by atoms with Gasteiger partial charge in [-0.25, -0.2) is 9.78 Å². The molecule has 6 heteroatoms. The molecule has 0 aliphatic rings. The van der Waals surface area contributed by atoms with Crippen LogP contribution in [0.3, 0.4) is 0 Å². The molecule has 0 bridgehead atoms. The Morgan fingerprint density at radius 2 is 1.96 bits per heavy atom. The third-order valence-electron chi connectivity index (χ3n) is 4.26. The Labute approximate surface area is 149 Å². The zero-order valence-electron chi connectivity index (χ0n) is 14.6. The average Bonchev–Trinajstić information content (AvgIpc) is 3.24. The largest absolute Gasteiger partial charge is 0.438 e. The minimum atomic E-state index is -0.460. The molecule has 4 rings (SSSR count). The Balaban J connectivity index is 1.62. The van der Waals surface area contributed by atoms with Crippen LogP contribution < -0.4 is 11.1 Å². The summed E-state index contributed by atoms with van der Waals surface area (Å²) in [6.45, 7) is 4.05. The number of nitrogens with zero attached hydrogens (tertiary/aromatic N) is 1. The monoisotopic (exact) mass is 349 g/mol. The fourth-order valence-corrected chi connectivity index (χ4v) is 2.96. The summed E-state index contributed by atoms with van der Waals surface area (Å²) in [7, 11) is 0. The van der Waals surface area contributed by atoms with Crippen molar-refractivity contribution < 1.29 is 8.83 Å². The van der Waals surface area contributed by atoms with Gasteiger partial charge in [-0.3, -0.25) is 4.98 Å². The highest BCUT2D eigenvalue weighted by molar-refractivity contribution is 5.76.